The van der Waals surface area contributed by atoms with Gasteiger partial charge in [-0.15, -0.1) is 0 Å². The van der Waals surface area contributed by atoms with Crippen LogP contribution in [0, 0.1) is 5.82 Å². The average molecular weight is 422 g/mol. The average Bonchev–Trinajstić information content (AvgIpc) is 3.09. The van der Waals surface area contributed by atoms with E-state index in [4.69, 9.17) is 27.9 Å². The Morgan fingerprint density at radius 1 is 1.21 bits per heavy atom. The van der Waals surface area contributed by atoms with Crippen LogP contribution in [0.25, 0.3) is 0 Å². The number of anilines is 1. The lowest BCUT2D eigenvalue weighted by molar-refractivity contribution is -0.116. The van der Waals surface area contributed by atoms with E-state index in [2.05, 4.69) is 10.4 Å². The minimum Gasteiger partial charge on any atom is -0.494 e. The number of methoxy groups -OCH3 is 1. The fourth-order valence-electron chi connectivity index (χ4n) is 2.70. The zero-order chi connectivity index (χ0) is 20.1. The Hall–Kier alpha value is -2.57. The molecule has 146 valence electrons. The van der Waals surface area contributed by atoms with Gasteiger partial charge in [-0.25, -0.2) is 9.07 Å². The molecule has 0 atom stereocenters. The first-order valence-electron chi connectivity index (χ1n) is 8.54. The van der Waals surface area contributed by atoms with E-state index < -0.39 is 5.82 Å². The van der Waals surface area contributed by atoms with Crippen molar-refractivity contribution in [2.24, 2.45) is 0 Å². The lowest BCUT2D eigenvalue weighted by Gasteiger charge is -2.11. The Kier molecular flexibility index (Phi) is 6.54. The number of hydrogen-bond acceptors (Lipinski definition) is 3. The second kappa shape index (κ2) is 9.08. The summed E-state index contributed by atoms with van der Waals surface area (Å²) in [7, 11) is 1.41. The van der Waals surface area contributed by atoms with Gasteiger partial charge in [-0.05, 0) is 41.8 Å². The third-order valence-corrected chi connectivity index (χ3v) is 4.76. The van der Waals surface area contributed by atoms with Crippen molar-refractivity contribution in [3.8, 4) is 5.75 Å². The number of aromatic nitrogens is 2. The zero-order valence-corrected chi connectivity index (χ0v) is 16.6. The first-order valence-corrected chi connectivity index (χ1v) is 9.30. The van der Waals surface area contributed by atoms with Crippen molar-refractivity contribution < 1.29 is 13.9 Å². The minimum absolute atomic E-state index is 0.179. The molecule has 1 heterocycles. The number of aryl methyl sites for hydroxylation is 1. The molecule has 1 amide bonds. The second-order valence-electron chi connectivity index (χ2n) is 6.13. The molecule has 0 aliphatic heterocycles. The highest BCUT2D eigenvalue weighted by Gasteiger charge is 2.11. The molecule has 0 saturated heterocycles. The van der Waals surface area contributed by atoms with Crippen LogP contribution in [0.5, 0.6) is 5.75 Å². The molecule has 8 heteroatoms. The summed E-state index contributed by atoms with van der Waals surface area (Å²) in [6.45, 7) is 0.391. The molecule has 1 N–H and O–H groups in total. The van der Waals surface area contributed by atoms with Crippen molar-refractivity contribution in [3.63, 3.8) is 0 Å². The topological polar surface area (TPSA) is 56.1 Å². The standard InChI is InChI=1S/C20H18Cl2FN3O2/c1-28-18-6-2-13(10-17(18)23)3-7-20(27)25-19-8-9-24-26(19)12-14-4-5-15(21)11-16(14)22/h2,4-6,8-11H,3,7,12H2,1H3,(H,25,27). The molecule has 28 heavy (non-hydrogen) atoms. The van der Waals surface area contributed by atoms with E-state index in [0.29, 0.717) is 28.8 Å². The highest BCUT2D eigenvalue weighted by Crippen LogP contribution is 2.23. The summed E-state index contributed by atoms with van der Waals surface area (Å²) in [5.74, 6) is 0.0911. The van der Waals surface area contributed by atoms with Crippen molar-refractivity contribution in [1.29, 1.82) is 0 Å². The normalized spacial score (nSPS) is 10.7. The molecular formula is C20H18Cl2FN3O2. The Morgan fingerprint density at radius 3 is 2.75 bits per heavy atom. The number of halogens is 3. The molecule has 0 fully saturated rings. The second-order valence-corrected chi connectivity index (χ2v) is 6.97. The third-order valence-electron chi connectivity index (χ3n) is 4.18. The van der Waals surface area contributed by atoms with Crippen molar-refractivity contribution in [2.75, 3.05) is 12.4 Å². The highest BCUT2D eigenvalue weighted by molar-refractivity contribution is 6.35. The van der Waals surface area contributed by atoms with Gasteiger partial charge < -0.3 is 10.1 Å². The van der Waals surface area contributed by atoms with Crippen molar-refractivity contribution >= 4 is 34.9 Å². The summed E-state index contributed by atoms with van der Waals surface area (Å²) in [4.78, 5) is 12.3. The van der Waals surface area contributed by atoms with Crippen LogP contribution in [0.1, 0.15) is 17.5 Å². The number of carbonyl (C=O) groups excluding carboxylic acids is 1. The molecule has 2 aromatic carbocycles. The van der Waals surface area contributed by atoms with Crippen molar-refractivity contribution in [1.82, 2.24) is 9.78 Å². The lowest BCUT2D eigenvalue weighted by atomic mass is 10.1. The summed E-state index contributed by atoms with van der Waals surface area (Å²) < 4.78 is 20.3. The monoisotopic (exact) mass is 421 g/mol. The molecule has 5 nitrogen and oxygen atoms in total. The van der Waals surface area contributed by atoms with Gasteiger partial charge in [0.15, 0.2) is 11.6 Å². The number of hydrogen-bond donors (Lipinski definition) is 1. The van der Waals surface area contributed by atoms with Gasteiger partial charge in [0.1, 0.15) is 5.82 Å². The van der Waals surface area contributed by atoms with Crippen molar-refractivity contribution in [3.05, 3.63) is 75.7 Å². The SMILES string of the molecule is COc1ccc(CCC(=O)Nc2ccnn2Cc2ccc(Cl)cc2Cl)cc1F. The number of benzene rings is 2. The number of rotatable bonds is 7. The zero-order valence-electron chi connectivity index (χ0n) is 15.1. The Bertz CT molecular complexity index is 991. The predicted molar refractivity (Wildman–Crippen MR) is 108 cm³/mol. The summed E-state index contributed by atoms with van der Waals surface area (Å²) in [5, 5.41) is 8.13. The van der Waals surface area contributed by atoms with E-state index in [1.807, 2.05) is 6.07 Å². The summed E-state index contributed by atoms with van der Waals surface area (Å²) >= 11 is 12.1. The molecule has 1 aromatic heterocycles. The molecule has 0 spiro atoms. The van der Waals surface area contributed by atoms with E-state index in [1.54, 1.807) is 41.2 Å². The smallest absolute Gasteiger partial charge is 0.225 e. The minimum atomic E-state index is -0.446. The van der Waals surface area contributed by atoms with Crippen LogP contribution in [0.15, 0.2) is 48.7 Å². The summed E-state index contributed by atoms with van der Waals surface area (Å²) in [6, 6.07) is 11.6. The molecule has 0 aliphatic carbocycles. The lowest BCUT2D eigenvalue weighted by Crippen LogP contribution is -2.16. The fraction of sp³-hybridized carbons (Fsp3) is 0.200. The van der Waals surface area contributed by atoms with E-state index in [0.717, 1.165) is 11.1 Å². The van der Waals surface area contributed by atoms with Crippen LogP contribution in [0.4, 0.5) is 10.2 Å². The predicted octanol–water partition coefficient (Wildman–Crippen LogP) is 4.96. The van der Waals surface area contributed by atoms with Gasteiger partial charge >= 0.3 is 0 Å². The third kappa shape index (κ3) is 5.03. The van der Waals surface area contributed by atoms with Gasteiger partial charge in [0.25, 0.3) is 0 Å². The molecule has 0 bridgehead atoms. The molecule has 3 aromatic rings. The number of ether oxygens (including phenoxy) is 1. The number of nitrogens with one attached hydrogen (secondary N) is 1. The summed E-state index contributed by atoms with van der Waals surface area (Å²) in [6.07, 6.45) is 2.21. The Morgan fingerprint density at radius 2 is 2.04 bits per heavy atom. The van der Waals surface area contributed by atoms with E-state index in [1.165, 1.54) is 13.2 Å². The van der Waals surface area contributed by atoms with Crippen LogP contribution in [-0.4, -0.2) is 22.8 Å². The molecule has 3 rings (SSSR count). The van der Waals surface area contributed by atoms with Crippen LogP contribution in [0.3, 0.4) is 0 Å². The van der Waals surface area contributed by atoms with Crippen LogP contribution in [-0.2, 0) is 17.8 Å². The highest BCUT2D eigenvalue weighted by atomic mass is 35.5. The molecular weight excluding hydrogens is 404 g/mol. The Labute approximate surface area is 172 Å². The first-order chi connectivity index (χ1) is 13.5. The quantitative estimate of drug-likeness (QED) is 0.586. The van der Waals surface area contributed by atoms with Gasteiger partial charge in [0.2, 0.25) is 5.91 Å². The number of carbonyl (C=O) groups is 1. The van der Waals surface area contributed by atoms with Crippen molar-refractivity contribution in [2.45, 2.75) is 19.4 Å². The van der Waals surface area contributed by atoms with Gasteiger partial charge in [-0.3, -0.25) is 4.79 Å². The van der Waals surface area contributed by atoms with Gasteiger partial charge in [0.05, 0.1) is 19.9 Å². The largest absolute Gasteiger partial charge is 0.494 e. The van der Waals surface area contributed by atoms with E-state index in [9.17, 15) is 9.18 Å². The molecule has 0 radical (unpaired) electrons. The molecule has 0 saturated carbocycles. The summed E-state index contributed by atoms with van der Waals surface area (Å²) in [5.41, 5.74) is 1.55. The maximum absolute atomic E-state index is 13.7. The van der Waals surface area contributed by atoms with Gasteiger partial charge in [-0.2, -0.15) is 5.10 Å². The van der Waals surface area contributed by atoms with Crippen LogP contribution >= 0.6 is 23.2 Å². The number of amides is 1. The van der Waals surface area contributed by atoms with Gasteiger partial charge in [0, 0.05) is 22.5 Å². The Balaban J connectivity index is 1.60. The maximum Gasteiger partial charge on any atom is 0.225 e. The van der Waals surface area contributed by atoms with E-state index in [-0.39, 0.29) is 18.1 Å². The fourth-order valence-corrected chi connectivity index (χ4v) is 3.17. The number of nitrogens with zero attached hydrogens (tertiary/aromatic N) is 2. The van der Waals surface area contributed by atoms with Crippen LogP contribution in [0.2, 0.25) is 10.0 Å². The molecule has 0 aliphatic rings. The maximum atomic E-state index is 13.7. The van der Waals surface area contributed by atoms with Crippen LogP contribution < -0.4 is 10.1 Å². The molecule has 0 unspecified atom stereocenters. The van der Waals surface area contributed by atoms with Gasteiger partial charge in [-0.1, -0.05) is 35.3 Å². The van der Waals surface area contributed by atoms with E-state index >= 15 is 0 Å². The first kappa shape index (κ1) is 20.2.